The van der Waals surface area contributed by atoms with E-state index in [1.165, 1.54) is 54.5 Å². The van der Waals surface area contributed by atoms with E-state index in [0.29, 0.717) is 0 Å². The highest BCUT2D eigenvalue weighted by Gasteiger charge is 2.12. The van der Waals surface area contributed by atoms with Crippen LogP contribution >= 0.6 is 0 Å². The van der Waals surface area contributed by atoms with Crippen molar-refractivity contribution in [2.45, 2.75) is 13.8 Å². The molecule has 0 unspecified atom stereocenters. The first-order chi connectivity index (χ1) is 11.2. The molecule has 1 N–H and O–H groups in total. The molecule has 0 atom stereocenters. The number of benzene rings is 4. The van der Waals surface area contributed by atoms with E-state index in [0.717, 1.165) is 0 Å². The van der Waals surface area contributed by atoms with Crippen LogP contribution in [-0.2, 0) is 0 Å². The molecule has 0 spiro atoms. The minimum Gasteiger partial charge on any atom is -0.354 e. The number of fused-ring (bicyclic) bond motifs is 5. The van der Waals surface area contributed by atoms with Gasteiger partial charge >= 0.3 is 0 Å². The van der Waals surface area contributed by atoms with Crippen molar-refractivity contribution in [1.82, 2.24) is 4.98 Å². The molecular weight excluding hydrogens is 278 g/mol. The number of hydrogen-bond acceptors (Lipinski definition) is 0. The summed E-state index contributed by atoms with van der Waals surface area (Å²) < 4.78 is 0. The minimum atomic E-state index is 1.26. The van der Waals surface area contributed by atoms with Crippen LogP contribution in [0.3, 0.4) is 0 Å². The number of aromatic amines is 1. The maximum atomic E-state index is 3.70. The lowest BCUT2D eigenvalue weighted by atomic mass is 9.98. The molecular formula is C22H17N. The maximum Gasteiger partial charge on any atom is 0.0501 e. The Balaban J connectivity index is 2.08. The Hall–Kier alpha value is -2.80. The molecule has 23 heavy (non-hydrogen) atoms. The van der Waals surface area contributed by atoms with Crippen LogP contribution in [0.4, 0.5) is 0 Å². The summed E-state index contributed by atoms with van der Waals surface area (Å²) in [5, 5.41) is 7.92. The fourth-order valence-corrected chi connectivity index (χ4v) is 3.93. The van der Waals surface area contributed by atoms with Gasteiger partial charge in [0.25, 0.3) is 0 Å². The first-order valence-electron chi connectivity index (χ1n) is 8.06. The molecule has 1 heterocycles. The number of hydrogen-bond donors (Lipinski definition) is 1. The molecule has 0 saturated carbocycles. The highest BCUT2D eigenvalue weighted by Crippen LogP contribution is 2.36. The van der Waals surface area contributed by atoms with Gasteiger partial charge in [0.15, 0.2) is 0 Å². The zero-order chi connectivity index (χ0) is 15.6. The molecule has 0 saturated heterocycles. The third-order valence-electron chi connectivity index (χ3n) is 5.16. The molecule has 1 aromatic heterocycles. The third-order valence-corrected chi connectivity index (χ3v) is 5.16. The number of aromatic nitrogens is 1. The first kappa shape index (κ1) is 12.7. The van der Waals surface area contributed by atoms with E-state index in [2.05, 4.69) is 79.5 Å². The molecule has 0 aliphatic heterocycles. The van der Waals surface area contributed by atoms with Gasteiger partial charge in [0, 0.05) is 10.8 Å². The summed E-state index contributed by atoms with van der Waals surface area (Å²) in [6.07, 6.45) is 0. The Morgan fingerprint density at radius 3 is 1.48 bits per heavy atom. The summed E-state index contributed by atoms with van der Waals surface area (Å²) in [7, 11) is 0. The van der Waals surface area contributed by atoms with Crippen LogP contribution < -0.4 is 0 Å². The Bertz CT molecular complexity index is 1130. The van der Waals surface area contributed by atoms with Gasteiger partial charge in [-0.1, -0.05) is 48.5 Å². The zero-order valence-corrected chi connectivity index (χ0v) is 13.3. The van der Waals surface area contributed by atoms with Crippen LogP contribution in [0.25, 0.3) is 43.4 Å². The Labute approximate surface area is 134 Å². The number of H-pyrrole nitrogens is 1. The van der Waals surface area contributed by atoms with Crippen molar-refractivity contribution in [2.75, 3.05) is 0 Å². The summed E-state index contributed by atoms with van der Waals surface area (Å²) in [5.74, 6) is 0. The lowest BCUT2D eigenvalue weighted by molar-refractivity contribution is 1.45. The van der Waals surface area contributed by atoms with E-state index in [9.17, 15) is 0 Å². The second-order valence-corrected chi connectivity index (χ2v) is 6.42. The summed E-state index contributed by atoms with van der Waals surface area (Å²) in [6, 6.07) is 21.9. The average Bonchev–Trinajstić information content (AvgIpc) is 2.95. The van der Waals surface area contributed by atoms with Gasteiger partial charge in [-0.15, -0.1) is 0 Å². The topological polar surface area (TPSA) is 15.8 Å². The highest BCUT2D eigenvalue weighted by atomic mass is 14.7. The van der Waals surface area contributed by atoms with E-state index in [1.54, 1.807) is 0 Å². The van der Waals surface area contributed by atoms with Gasteiger partial charge in [0.1, 0.15) is 0 Å². The van der Waals surface area contributed by atoms with E-state index in [1.807, 2.05) is 0 Å². The van der Waals surface area contributed by atoms with Crippen LogP contribution in [0, 0.1) is 13.8 Å². The second kappa shape index (κ2) is 4.36. The number of nitrogens with one attached hydrogen (secondary N) is 1. The first-order valence-corrected chi connectivity index (χ1v) is 8.06. The minimum absolute atomic E-state index is 1.26. The van der Waals surface area contributed by atoms with Crippen LogP contribution in [0.1, 0.15) is 11.1 Å². The summed E-state index contributed by atoms with van der Waals surface area (Å²) in [5.41, 5.74) is 5.18. The Morgan fingerprint density at radius 1 is 0.565 bits per heavy atom. The van der Waals surface area contributed by atoms with Crippen molar-refractivity contribution >= 4 is 43.4 Å². The predicted octanol–water partition coefficient (Wildman–Crippen LogP) is 6.24. The van der Waals surface area contributed by atoms with Gasteiger partial charge in [-0.2, -0.15) is 0 Å². The molecule has 0 radical (unpaired) electrons. The van der Waals surface area contributed by atoms with Gasteiger partial charge in [-0.25, -0.2) is 0 Å². The molecule has 5 rings (SSSR count). The smallest absolute Gasteiger partial charge is 0.0501 e. The standard InChI is InChI=1S/C22H17N/c1-13-17-9-5-3-7-15(17)11-19-20-12-16-8-4-6-10-18(16)14(2)22(20)23-21(13)19/h3-12,23H,1-2H3. The lowest BCUT2D eigenvalue weighted by Crippen LogP contribution is -1.81. The van der Waals surface area contributed by atoms with E-state index in [-0.39, 0.29) is 0 Å². The van der Waals surface area contributed by atoms with Crippen molar-refractivity contribution in [3.63, 3.8) is 0 Å². The van der Waals surface area contributed by atoms with E-state index < -0.39 is 0 Å². The highest BCUT2D eigenvalue weighted by molar-refractivity contribution is 6.17. The maximum absolute atomic E-state index is 3.70. The van der Waals surface area contributed by atoms with Crippen molar-refractivity contribution in [2.24, 2.45) is 0 Å². The second-order valence-electron chi connectivity index (χ2n) is 6.42. The summed E-state index contributed by atoms with van der Waals surface area (Å²) >= 11 is 0. The van der Waals surface area contributed by atoms with Crippen molar-refractivity contribution in [1.29, 1.82) is 0 Å². The van der Waals surface area contributed by atoms with Crippen molar-refractivity contribution < 1.29 is 0 Å². The summed E-state index contributed by atoms with van der Waals surface area (Å²) in [6.45, 7) is 4.43. The van der Waals surface area contributed by atoms with E-state index in [4.69, 9.17) is 0 Å². The molecule has 5 aromatic rings. The van der Waals surface area contributed by atoms with Crippen molar-refractivity contribution in [3.8, 4) is 0 Å². The van der Waals surface area contributed by atoms with Gasteiger partial charge in [0.05, 0.1) is 11.0 Å². The lowest BCUT2D eigenvalue weighted by Gasteiger charge is -2.04. The van der Waals surface area contributed by atoms with Gasteiger partial charge in [0.2, 0.25) is 0 Å². The number of aryl methyl sites for hydroxylation is 2. The molecule has 1 nitrogen and oxygen atoms in total. The van der Waals surface area contributed by atoms with Gasteiger partial charge in [-0.3, -0.25) is 0 Å². The molecule has 1 heteroatoms. The molecule has 0 amide bonds. The molecule has 0 aliphatic carbocycles. The Morgan fingerprint density at radius 2 is 1.00 bits per heavy atom. The largest absolute Gasteiger partial charge is 0.354 e. The number of rotatable bonds is 0. The average molecular weight is 295 g/mol. The predicted molar refractivity (Wildman–Crippen MR) is 100 cm³/mol. The Kier molecular flexibility index (Phi) is 2.41. The molecule has 0 aliphatic rings. The third kappa shape index (κ3) is 1.62. The molecule has 0 bridgehead atoms. The van der Waals surface area contributed by atoms with Crippen LogP contribution in [0.15, 0.2) is 60.7 Å². The fourth-order valence-electron chi connectivity index (χ4n) is 3.93. The normalized spacial score (nSPS) is 11.9. The molecule has 0 fully saturated rings. The van der Waals surface area contributed by atoms with Crippen LogP contribution in [0.2, 0.25) is 0 Å². The quantitative estimate of drug-likeness (QED) is 0.348. The fraction of sp³-hybridized carbons (Fsp3) is 0.0909. The SMILES string of the molecule is Cc1c2ccccc2cc2c1[nH]c1c(C)c3ccccc3cc12. The van der Waals surface area contributed by atoms with E-state index >= 15 is 0 Å². The van der Waals surface area contributed by atoms with Crippen LogP contribution in [0.5, 0.6) is 0 Å². The van der Waals surface area contributed by atoms with Gasteiger partial charge in [-0.05, 0) is 58.7 Å². The van der Waals surface area contributed by atoms with Gasteiger partial charge < -0.3 is 4.98 Å². The van der Waals surface area contributed by atoms with Crippen LogP contribution in [-0.4, -0.2) is 4.98 Å². The molecule has 110 valence electrons. The monoisotopic (exact) mass is 295 g/mol. The molecule has 4 aromatic carbocycles. The summed E-state index contributed by atoms with van der Waals surface area (Å²) in [4.78, 5) is 3.70. The zero-order valence-electron chi connectivity index (χ0n) is 13.3. The van der Waals surface area contributed by atoms with Crippen molar-refractivity contribution in [3.05, 3.63) is 71.8 Å².